The number of methoxy groups -OCH3 is 1. The van der Waals surface area contributed by atoms with Gasteiger partial charge in [0.15, 0.2) is 0 Å². The fourth-order valence-corrected chi connectivity index (χ4v) is 6.36. The molecule has 3 aliphatic heterocycles. The van der Waals surface area contributed by atoms with Gasteiger partial charge in [-0.15, -0.1) is 11.8 Å². The number of carbonyl (C=O) groups excluding carboxylic acids is 3. The second kappa shape index (κ2) is 8.40. The molecule has 0 aromatic heterocycles. The maximum absolute atomic E-state index is 13.2. The molecule has 1 aromatic carbocycles. The Morgan fingerprint density at radius 2 is 1.93 bits per heavy atom. The molecule has 4 rings (SSSR count). The Labute approximate surface area is 185 Å². The van der Waals surface area contributed by atoms with Crippen LogP contribution in [0.5, 0.6) is 0 Å². The molecule has 3 atom stereocenters. The largest absolute Gasteiger partial charge is 0.468 e. The Hall–Kier alpha value is -1.77. The van der Waals surface area contributed by atoms with Crippen molar-refractivity contribution in [1.29, 1.82) is 0 Å². The molecule has 3 heterocycles. The Kier molecular flexibility index (Phi) is 6.01. The van der Waals surface area contributed by atoms with Gasteiger partial charge >= 0.3 is 5.97 Å². The van der Waals surface area contributed by atoms with E-state index in [0.717, 1.165) is 6.42 Å². The van der Waals surface area contributed by atoms with Crippen LogP contribution in [0, 0.1) is 0 Å². The van der Waals surface area contributed by atoms with Crippen LogP contribution in [0.4, 0.5) is 0 Å². The lowest BCUT2D eigenvalue weighted by atomic mass is 10.0. The number of ether oxygens (including phenoxy) is 1. The highest BCUT2D eigenvalue weighted by Crippen LogP contribution is 2.47. The van der Waals surface area contributed by atoms with Crippen molar-refractivity contribution in [2.75, 3.05) is 39.0 Å². The van der Waals surface area contributed by atoms with Crippen molar-refractivity contribution in [3.8, 4) is 0 Å². The number of hydrogen-bond donors (Lipinski definition) is 0. The average molecular weight is 452 g/mol. The van der Waals surface area contributed by atoms with E-state index in [1.165, 1.54) is 7.11 Å². The summed E-state index contributed by atoms with van der Waals surface area (Å²) >= 11 is 8.05. The van der Waals surface area contributed by atoms with Crippen LogP contribution in [0.15, 0.2) is 24.3 Å². The van der Waals surface area contributed by atoms with Gasteiger partial charge in [0.2, 0.25) is 11.8 Å². The predicted octanol–water partition coefficient (Wildman–Crippen LogP) is 2.15. The highest BCUT2D eigenvalue weighted by Gasteiger charge is 2.53. The van der Waals surface area contributed by atoms with Crippen molar-refractivity contribution in [3.05, 3.63) is 34.9 Å². The quantitative estimate of drug-likeness (QED) is 0.653. The van der Waals surface area contributed by atoms with Gasteiger partial charge in [-0.3, -0.25) is 14.5 Å². The van der Waals surface area contributed by atoms with Crippen LogP contribution in [0.25, 0.3) is 0 Å². The number of carbonyl (C=O) groups is 3. The number of halogens is 1. The molecule has 9 heteroatoms. The first-order valence-corrected chi connectivity index (χ1v) is 11.5. The van der Waals surface area contributed by atoms with E-state index in [4.69, 9.17) is 16.3 Å². The van der Waals surface area contributed by atoms with Gasteiger partial charge in [-0.1, -0.05) is 29.8 Å². The summed E-state index contributed by atoms with van der Waals surface area (Å²) in [6.07, 6.45) is 1.31. The lowest BCUT2D eigenvalue weighted by Gasteiger charge is -2.40. The fourth-order valence-electron chi connectivity index (χ4n) is 4.70. The molecule has 3 fully saturated rings. The number of benzene rings is 1. The summed E-state index contributed by atoms with van der Waals surface area (Å²) in [4.78, 5) is 43.5. The van der Waals surface area contributed by atoms with Gasteiger partial charge in [-0.2, -0.15) is 0 Å². The summed E-state index contributed by atoms with van der Waals surface area (Å²) in [5, 5.41) is 0.515. The van der Waals surface area contributed by atoms with Crippen LogP contribution in [0.3, 0.4) is 0 Å². The standard InChI is InChI=1S/C21H26ClN3O4S/c1-21-8-7-17(26)25(21)16(13-30-21)19(27)24-11-9-23(10-12-24)18(20(28)29-2)14-5-3-4-6-15(14)22/h3-6,16,18H,7-13H2,1-2H3. The van der Waals surface area contributed by atoms with Crippen molar-refractivity contribution in [2.24, 2.45) is 0 Å². The van der Waals surface area contributed by atoms with E-state index in [1.54, 1.807) is 22.7 Å². The molecule has 0 spiro atoms. The molecule has 3 saturated heterocycles. The zero-order valence-electron chi connectivity index (χ0n) is 17.2. The average Bonchev–Trinajstić information content (AvgIpc) is 3.25. The Balaban J connectivity index is 1.45. The molecule has 0 saturated carbocycles. The second-order valence-electron chi connectivity index (χ2n) is 8.07. The molecule has 7 nitrogen and oxygen atoms in total. The molecule has 2 amide bonds. The molecule has 0 bridgehead atoms. The van der Waals surface area contributed by atoms with Gasteiger partial charge < -0.3 is 14.5 Å². The Morgan fingerprint density at radius 1 is 1.23 bits per heavy atom. The summed E-state index contributed by atoms with van der Waals surface area (Å²) in [6.45, 7) is 4.11. The van der Waals surface area contributed by atoms with Gasteiger partial charge in [0.1, 0.15) is 12.1 Å². The lowest BCUT2D eigenvalue weighted by Crippen LogP contribution is -2.57. The third kappa shape index (κ3) is 3.69. The maximum Gasteiger partial charge on any atom is 0.327 e. The molecule has 30 heavy (non-hydrogen) atoms. The molecule has 0 N–H and O–H groups in total. The van der Waals surface area contributed by atoms with Crippen molar-refractivity contribution >= 4 is 41.1 Å². The van der Waals surface area contributed by atoms with Crippen molar-refractivity contribution in [1.82, 2.24) is 14.7 Å². The van der Waals surface area contributed by atoms with Crippen LogP contribution >= 0.6 is 23.4 Å². The van der Waals surface area contributed by atoms with Crippen LogP contribution < -0.4 is 0 Å². The van der Waals surface area contributed by atoms with Gasteiger partial charge in [-0.25, -0.2) is 4.79 Å². The Bertz CT molecular complexity index is 860. The minimum absolute atomic E-state index is 0.00786. The zero-order valence-corrected chi connectivity index (χ0v) is 18.7. The highest BCUT2D eigenvalue weighted by atomic mass is 35.5. The van der Waals surface area contributed by atoms with Gasteiger partial charge in [0.25, 0.3) is 0 Å². The summed E-state index contributed by atoms with van der Waals surface area (Å²) in [6, 6.07) is 6.27. The SMILES string of the molecule is COC(=O)C(c1ccccc1Cl)N1CCN(C(=O)C2CSC3(C)CCC(=O)N23)CC1. The number of amides is 2. The smallest absolute Gasteiger partial charge is 0.327 e. The van der Waals surface area contributed by atoms with E-state index in [1.807, 2.05) is 28.0 Å². The summed E-state index contributed by atoms with van der Waals surface area (Å²) in [5.41, 5.74) is 0.705. The molecule has 1 aromatic rings. The highest BCUT2D eigenvalue weighted by molar-refractivity contribution is 8.01. The monoisotopic (exact) mass is 451 g/mol. The van der Waals surface area contributed by atoms with Gasteiger partial charge in [0.05, 0.1) is 12.0 Å². The minimum Gasteiger partial charge on any atom is -0.468 e. The summed E-state index contributed by atoms with van der Waals surface area (Å²) in [7, 11) is 1.37. The van der Waals surface area contributed by atoms with E-state index >= 15 is 0 Å². The number of fused-ring (bicyclic) bond motifs is 1. The van der Waals surface area contributed by atoms with E-state index in [-0.39, 0.29) is 28.7 Å². The third-order valence-corrected chi connectivity index (χ3v) is 8.19. The topological polar surface area (TPSA) is 70.2 Å². The normalized spacial score (nSPS) is 27.8. The maximum atomic E-state index is 13.2. The van der Waals surface area contributed by atoms with Crippen LogP contribution in [-0.2, 0) is 19.1 Å². The third-order valence-electron chi connectivity index (χ3n) is 6.35. The predicted molar refractivity (Wildman–Crippen MR) is 115 cm³/mol. The number of hydrogen-bond acceptors (Lipinski definition) is 6. The minimum atomic E-state index is -0.605. The van der Waals surface area contributed by atoms with E-state index in [0.29, 0.717) is 48.9 Å². The summed E-state index contributed by atoms with van der Waals surface area (Å²) < 4.78 is 5.03. The number of piperazine rings is 1. The summed E-state index contributed by atoms with van der Waals surface area (Å²) in [5.74, 6) is 0.358. The zero-order chi connectivity index (χ0) is 21.5. The van der Waals surface area contributed by atoms with Crippen molar-refractivity contribution in [2.45, 2.75) is 36.7 Å². The lowest BCUT2D eigenvalue weighted by molar-refractivity contribution is -0.150. The first-order chi connectivity index (χ1) is 14.4. The molecule has 0 radical (unpaired) electrons. The molecule has 0 aliphatic carbocycles. The first-order valence-electron chi connectivity index (χ1n) is 10.2. The number of nitrogens with zero attached hydrogens (tertiary/aromatic N) is 3. The van der Waals surface area contributed by atoms with Crippen LogP contribution in [0.2, 0.25) is 5.02 Å². The van der Waals surface area contributed by atoms with Crippen LogP contribution in [0.1, 0.15) is 31.4 Å². The van der Waals surface area contributed by atoms with Gasteiger partial charge in [-0.05, 0) is 25.0 Å². The van der Waals surface area contributed by atoms with Gasteiger partial charge in [0, 0.05) is 43.4 Å². The molecule has 3 aliphatic rings. The Morgan fingerprint density at radius 3 is 2.60 bits per heavy atom. The van der Waals surface area contributed by atoms with Crippen LogP contribution in [-0.4, -0.2) is 82.4 Å². The molecular formula is C21H26ClN3O4S. The van der Waals surface area contributed by atoms with Crippen molar-refractivity contribution < 1.29 is 19.1 Å². The van der Waals surface area contributed by atoms with E-state index < -0.39 is 6.04 Å². The number of rotatable bonds is 4. The fraction of sp³-hybridized carbons (Fsp3) is 0.571. The number of thioether (sulfide) groups is 1. The first kappa shape index (κ1) is 21.5. The van der Waals surface area contributed by atoms with E-state index in [2.05, 4.69) is 6.92 Å². The van der Waals surface area contributed by atoms with Crippen molar-refractivity contribution in [3.63, 3.8) is 0 Å². The molecular weight excluding hydrogens is 426 g/mol. The van der Waals surface area contributed by atoms with E-state index in [9.17, 15) is 14.4 Å². The molecule has 3 unspecified atom stereocenters. The number of esters is 1. The second-order valence-corrected chi connectivity index (χ2v) is 9.98. The molecule has 162 valence electrons.